The van der Waals surface area contributed by atoms with Crippen molar-refractivity contribution >= 4 is 11.0 Å². The fraction of sp³-hybridized carbons (Fsp3) is 0.500. The summed E-state index contributed by atoms with van der Waals surface area (Å²) in [5, 5.41) is 9.48. The van der Waals surface area contributed by atoms with E-state index in [2.05, 4.69) is 9.97 Å². The number of aromatic nitrogens is 2. The zero-order chi connectivity index (χ0) is 12.5. The van der Waals surface area contributed by atoms with Crippen LogP contribution in [0.1, 0.15) is 37.4 Å². The first-order chi connectivity index (χ1) is 8.78. The molecule has 3 rings (SSSR count). The molecule has 1 saturated carbocycles. The molecule has 1 heterocycles. The van der Waals surface area contributed by atoms with Gasteiger partial charge in [-0.3, -0.25) is 0 Å². The molecule has 0 radical (unpaired) electrons. The van der Waals surface area contributed by atoms with Crippen molar-refractivity contribution in [3.63, 3.8) is 0 Å². The van der Waals surface area contributed by atoms with E-state index in [4.69, 9.17) is 5.73 Å². The predicted octanol–water partition coefficient (Wildman–Crippen LogP) is 2.50. The zero-order valence-electron chi connectivity index (χ0n) is 10.4. The van der Waals surface area contributed by atoms with Gasteiger partial charge in [0, 0.05) is 12.0 Å². The molecule has 0 bridgehead atoms. The van der Waals surface area contributed by atoms with E-state index in [9.17, 15) is 5.11 Å². The minimum absolute atomic E-state index is 0.275. The van der Waals surface area contributed by atoms with Gasteiger partial charge in [0.15, 0.2) is 0 Å². The number of nitrogens with zero attached hydrogens (tertiary/aromatic N) is 1. The van der Waals surface area contributed by atoms with Gasteiger partial charge in [-0.05, 0) is 37.4 Å². The van der Waals surface area contributed by atoms with Gasteiger partial charge in [0.1, 0.15) is 11.6 Å². The van der Waals surface area contributed by atoms with Crippen molar-refractivity contribution < 1.29 is 5.11 Å². The van der Waals surface area contributed by atoms with Gasteiger partial charge in [0.05, 0.1) is 11.0 Å². The van der Waals surface area contributed by atoms with Crippen LogP contribution in [0.5, 0.6) is 5.75 Å². The van der Waals surface area contributed by atoms with Crippen LogP contribution in [0.2, 0.25) is 0 Å². The smallest absolute Gasteiger partial charge is 0.117 e. The maximum atomic E-state index is 9.48. The number of nitrogens with one attached hydrogen (secondary N) is 1. The van der Waals surface area contributed by atoms with Gasteiger partial charge < -0.3 is 15.8 Å². The molecule has 4 nitrogen and oxygen atoms in total. The summed E-state index contributed by atoms with van der Waals surface area (Å²) in [6.45, 7) is 0.729. The Morgan fingerprint density at radius 1 is 1.33 bits per heavy atom. The minimum atomic E-state index is 0.275. The number of hydrogen-bond donors (Lipinski definition) is 3. The van der Waals surface area contributed by atoms with Crippen molar-refractivity contribution in [3.05, 3.63) is 24.0 Å². The summed E-state index contributed by atoms with van der Waals surface area (Å²) in [6.07, 6.45) is 4.89. The molecule has 4 heteroatoms. The van der Waals surface area contributed by atoms with Crippen molar-refractivity contribution in [1.29, 1.82) is 0 Å². The van der Waals surface area contributed by atoms with Crippen molar-refractivity contribution in [1.82, 2.24) is 9.97 Å². The Morgan fingerprint density at radius 2 is 2.17 bits per heavy atom. The van der Waals surface area contributed by atoms with E-state index in [0.717, 1.165) is 29.8 Å². The standard InChI is InChI=1S/C14H19N3O/c15-8-9-3-1-2-4-11(9)14-16-12-6-5-10(18)7-13(12)17-14/h5-7,9,11,18H,1-4,8,15H2,(H,16,17). The number of hydrogen-bond acceptors (Lipinski definition) is 3. The second-order valence-corrected chi connectivity index (χ2v) is 5.21. The maximum absolute atomic E-state index is 9.48. The number of phenols is 1. The summed E-state index contributed by atoms with van der Waals surface area (Å²) < 4.78 is 0. The lowest BCUT2D eigenvalue weighted by molar-refractivity contribution is 0.306. The molecular formula is C14H19N3O. The number of H-pyrrole nitrogens is 1. The number of imidazole rings is 1. The Kier molecular flexibility index (Phi) is 2.96. The van der Waals surface area contributed by atoms with E-state index in [-0.39, 0.29) is 5.75 Å². The molecule has 2 aromatic rings. The zero-order valence-corrected chi connectivity index (χ0v) is 10.4. The molecular weight excluding hydrogens is 226 g/mol. The van der Waals surface area contributed by atoms with E-state index in [1.165, 1.54) is 19.3 Å². The number of fused-ring (bicyclic) bond motifs is 1. The molecule has 1 fully saturated rings. The number of rotatable bonds is 2. The normalized spacial score (nSPS) is 24.5. The Balaban J connectivity index is 1.97. The Labute approximate surface area is 106 Å². The maximum Gasteiger partial charge on any atom is 0.117 e. The molecule has 2 unspecified atom stereocenters. The van der Waals surface area contributed by atoms with Crippen molar-refractivity contribution in [2.24, 2.45) is 11.7 Å². The van der Waals surface area contributed by atoms with Gasteiger partial charge in [-0.2, -0.15) is 0 Å². The van der Waals surface area contributed by atoms with Crippen LogP contribution in [0.25, 0.3) is 11.0 Å². The van der Waals surface area contributed by atoms with E-state index in [0.29, 0.717) is 11.8 Å². The van der Waals surface area contributed by atoms with Crippen molar-refractivity contribution in [2.75, 3.05) is 6.54 Å². The summed E-state index contributed by atoms with van der Waals surface area (Å²) in [4.78, 5) is 8.00. The van der Waals surface area contributed by atoms with Gasteiger partial charge >= 0.3 is 0 Å². The van der Waals surface area contributed by atoms with Gasteiger partial charge in [-0.15, -0.1) is 0 Å². The topological polar surface area (TPSA) is 74.9 Å². The molecule has 0 saturated heterocycles. The number of benzene rings is 1. The molecule has 0 amide bonds. The molecule has 0 spiro atoms. The van der Waals surface area contributed by atoms with Crippen LogP contribution in [-0.2, 0) is 0 Å². The Hall–Kier alpha value is -1.55. The summed E-state index contributed by atoms with van der Waals surface area (Å²) in [5.41, 5.74) is 7.70. The lowest BCUT2D eigenvalue weighted by Crippen LogP contribution is -2.25. The molecule has 1 aromatic carbocycles. The second kappa shape index (κ2) is 4.61. The highest BCUT2D eigenvalue weighted by Gasteiger charge is 2.27. The van der Waals surface area contributed by atoms with Crippen molar-refractivity contribution in [2.45, 2.75) is 31.6 Å². The third kappa shape index (κ3) is 1.97. The SMILES string of the molecule is NCC1CCCCC1c1nc2ccc(O)cc2[nH]1. The summed E-state index contributed by atoms with van der Waals surface area (Å²) in [6, 6.07) is 5.26. The highest BCUT2D eigenvalue weighted by atomic mass is 16.3. The fourth-order valence-electron chi connectivity index (χ4n) is 3.04. The Bertz CT molecular complexity index is 549. The lowest BCUT2D eigenvalue weighted by Gasteiger charge is -2.28. The molecule has 1 aliphatic rings. The van der Waals surface area contributed by atoms with Gasteiger partial charge in [0.2, 0.25) is 0 Å². The van der Waals surface area contributed by atoms with Crippen LogP contribution in [0, 0.1) is 5.92 Å². The summed E-state index contributed by atoms with van der Waals surface area (Å²) >= 11 is 0. The molecule has 1 aliphatic carbocycles. The number of phenolic OH excluding ortho intramolecular Hbond substituents is 1. The third-order valence-corrected chi connectivity index (χ3v) is 4.05. The highest BCUT2D eigenvalue weighted by molar-refractivity contribution is 5.76. The molecule has 4 N–H and O–H groups in total. The monoisotopic (exact) mass is 245 g/mol. The number of nitrogens with two attached hydrogens (primary N) is 1. The summed E-state index contributed by atoms with van der Waals surface area (Å²) in [5.74, 6) is 2.29. The lowest BCUT2D eigenvalue weighted by atomic mass is 9.79. The number of aromatic hydroxyl groups is 1. The van der Waals surface area contributed by atoms with E-state index < -0.39 is 0 Å². The average molecular weight is 245 g/mol. The van der Waals surface area contributed by atoms with E-state index in [1.54, 1.807) is 12.1 Å². The van der Waals surface area contributed by atoms with Crippen LogP contribution in [0.4, 0.5) is 0 Å². The summed E-state index contributed by atoms with van der Waals surface area (Å²) in [7, 11) is 0. The van der Waals surface area contributed by atoms with E-state index >= 15 is 0 Å². The number of aromatic amines is 1. The van der Waals surface area contributed by atoms with Gasteiger partial charge in [-0.25, -0.2) is 4.98 Å². The van der Waals surface area contributed by atoms with Crippen LogP contribution < -0.4 is 5.73 Å². The van der Waals surface area contributed by atoms with Crippen LogP contribution in [0.3, 0.4) is 0 Å². The Morgan fingerprint density at radius 3 is 3.00 bits per heavy atom. The predicted molar refractivity (Wildman–Crippen MR) is 71.5 cm³/mol. The fourth-order valence-corrected chi connectivity index (χ4v) is 3.04. The first-order valence-electron chi connectivity index (χ1n) is 6.66. The first kappa shape index (κ1) is 11.5. The molecule has 1 aromatic heterocycles. The third-order valence-electron chi connectivity index (χ3n) is 4.05. The molecule has 2 atom stereocenters. The van der Waals surface area contributed by atoms with Gasteiger partial charge in [0.25, 0.3) is 0 Å². The van der Waals surface area contributed by atoms with Crippen LogP contribution >= 0.6 is 0 Å². The molecule has 18 heavy (non-hydrogen) atoms. The average Bonchev–Trinajstić information content (AvgIpc) is 2.81. The van der Waals surface area contributed by atoms with Crippen molar-refractivity contribution in [3.8, 4) is 5.75 Å². The molecule has 0 aliphatic heterocycles. The molecule has 96 valence electrons. The first-order valence-corrected chi connectivity index (χ1v) is 6.66. The minimum Gasteiger partial charge on any atom is -0.508 e. The van der Waals surface area contributed by atoms with E-state index in [1.807, 2.05) is 6.07 Å². The quantitative estimate of drug-likeness (QED) is 0.761. The largest absolute Gasteiger partial charge is 0.508 e. The van der Waals surface area contributed by atoms with Gasteiger partial charge in [-0.1, -0.05) is 12.8 Å². The van der Waals surface area contributed by atoms with Crippen LogP contribution in [-0.4, -0.2) is 21.6 Å². The second-order valence-electron chi connectivity index (χ2n) is 5.21. The highest BCUT2D eigenvalue weighted by Crippen LogP contribution is 2.36. The van der Waals surface area contributed by atoms with Crippen LogP contribution in [0.15, 0.2) is 18.2 Å².